The van der Waals surface area contributed by atoms with E-state index in [0.29, 0.717) is 18.9 Å². The summed E-state index contributed by atoms with van der Waals surface area (Å²) in [5, 5.41) is 0. The van der Waals surface area contributed by atoms with Gasteiger partial charge in [0.05, 0.1) is 6.61 Å². The van der Waals surface area contributed by atoms with E-state index in [1.807, 2.05) is 13.8 Å². The topological polar surface area (TPSA) is 26.3 Å². The van der Waals surface area contributed by atoms with Crippen LogP contribution in [0.4, 0.5) is 0 Å². The van der Waals surface area contributed by atoms with E-state index in [2.05, 4.69) is 6.92 Å². The number of carbonyl (C=O) groups excluding carboxylic acids is 1. The van der Waals surface area contributed by atoms with Gasteiger partial charge in [0.25, 0.3) is 0 Å². The van der Waals surface area contributed by atoms with Gasteiger partial charge >= 0.3 is 5.97 Å². The molecule has 0 aromatic carbocycles. The minimum absolute atomic E-state index is 0.0367. The molecule has 2 nitrogen and oxygen atoms in total. The highest BCUT2D eigenvalue weighted by atomic mass is 31.1. The van der Waals surface area contributed by atoms with Crippen LogP contribution >= 0.6 is 8.58 Å². The van der Waals surface area contributed by atoms with Crippen molar-refractivity contribution in [2.45, 2.75) is 59.3 Å². The first kappa shape index (κ1) is 16.9. The van der Waals surface area contributed by atoms with E-state index in [9.17, 15) is 4.79 Å². The Kier molecular flexibility index (Phi) is 12.3. The minimum atomic E-state index is -0.0367. The molecular formula is C14H29O2P. The zero-order valence-electron chi connectivity index (χ0n) is 11.8. The van der Waals surface area contributed by atoms with E-state index < -0.39 is 0 Å². The molecule has 102 valence electrons. The molecule has 1 atom stereocenters. The lowest BCUT2D eigenvalue weighted by Gasteiger charge is -2.06. The second kappa shape index (κ2) is 12.4. The first-order chi connectivity index (χ1) is 8.16. The van der Waals surface area contributed by atoms with Crippen molar-refractivity contribution in [1.29, 1.82) is 0 Å². The van der Waals surface area contributed by atoms with Crippen LogP contribution in [0.2, 0.25) is 0 Å². The fraction of sp³-hybridized carbons (Fsp3) is 0.929. The van der Waals surface area contributed by atoms with Gasteiger partial charge in [0.15, 0.2) is 0 Å². The molecule has 0 amide bonds. The molecule has 0 rings (SSSR count). The van der Waals surface area contributed by atoms with Gasteiger partial charge in [0.1, 0.15) is 0 Å². The molecular weight excluding hydrogens is 231 g/mol. The number of rotatable bonds is 11. The summed E-state index contributed by atoms with van der Waals surface area (Å²) in [6, 6.07) is 0. The molecule has 0 aliphatic carbocycles. The molecule has 0 aliphatic rings. The monoisotopic (exact) mass is 260 g/mol. The molecule has 17 heavy (non-hydrogen) atoms. The maximum absolute atomic E-state index is 11.2. The Morgan fingerprint density at radius 3 is 2.35 bits per heavy atom. The zero-order valence-corrected chi connectivity index (χ0v) is 12.8. The third-order valence-corrected chi connectivity index (χ3v) is 3.96. The van der Waals surface area contributed by atoms with Gasteiger partial charge in [-0.05, 0) is 37.5 Å². The lowest BCUT2D eigenvalue weighted by Crippen LogP contribution is -2.08. The number of hydrogen-bond donors (Lipinski definition) is 0. The Morgan fingerprint density at radius 1 is 1.12 bits per heavy atom. The van der Waals surface area contributed by atoms with Crippen molar-refractivity contribution in [3.8, 4) is 0 Å². The van der Waals surface area contributed by atoms with Gasteiger partial charge in [-0.15, -0.1) is 8.58 Å². The zero-order chi connectivity index (χ0) is 12.9. The van der Waals surface area contributed by atoms with E-state index in [0.717, 1.165) is 15.0 Å². The van der Waals surface area contributed by atoms with Crippen molar-refractivity contribution >= 4 is 14.6 Å². The van der Waals surface area contributed by atoms with Crippen LogP contribution in [0.15, 0.2) is 0 Å². The number of unbranched alkanes of at least 4 members (excludes halogenated alkanes) is 3. The molecule has 0 fully saturated rings. The van der Waals surface area contributed by atoms with Gasteiger partial charge in [-0.2, -0.15) is 0 Å². The van der Waals surface area contributed by atoms with E-state index in [4.69, 9.17) is 4.74 Å². The molecule has 0 bridgehead atoms. The molecule has 0 saturated heterocycles. The summed E-state index contributed by atoms with van der Waals surface area (Å²) in [4.78, 5) is 11.2. The van der Waals surface area contributed by atoms with Crippen molar-refractivity contribution in [3.05, 3.63) is 0 Å². The average molecular weight is 260 g/mol. The fourth-order valence-electron chi connectivity index (χ4n) is 1.56. The predicted molar refractivity (Wildman–Crippen MR) is 77.2 cm³/mol. The first-order valence-corrected chi connectivity index (χ1v) is 8.44. The van der Waals surface area contributed by atoms with Crippen molar-refractivity contribution in [2.75, 3.05) is 18.9 Å². The van der Waals surface area contributed by atoms with Crippen LogP contribution < -0.4 is 0 Å². The number of carbonyl (C=O) groups is 1. The van der Waals surface area contributed by atoms with E-state index in [-0.39, 0.29) is 5.97 Å². The van der Waals surface area contributed by atoms with Gasteiger partial charge < -0.3 is 4.74 Å². The normalized spacial score (nSPS) is 11.5. The van der Waals surface area contributed by atoms with Crippen LogP contribution in [0.5, 0.6) is 0 Å². The summed E-state index contributed by atoms with van der Waals surface area (Å²) in [5.74, 6) is 0.368. The summed E-state index contributed by atoms with van der Waals surface area (Å²) in [7, 11) is 1.10. The van der Waals surface area contributed by atoms with Crippen molar-refractivity contribution in [2.24, 2.45) is 5.92 Å². The van der Waals surface area contributed by atoms with Crippen molar-refractivity contribution < 1.29 is 9.53 Å². The average Bonchev–Trinajstić information content (AvgIpc) is 2.26. The molecule has 0 aromatic heterocycles. The Bertz CT molecular complexity index is 181. The van der Waals surface area contributed by atoms with Gasteiger partial charge in [-0.3, -0.25) is 4.79 Å². The maximum Gasteiger partial charge on any atom is 0.306 e. The first-order valence-electron chi connectivity index (χ1n) is 7.03. The summed E-state index contributed by atoms with van der Waals surface area (Å²) >= 11 is 0. The molecule has 0 saturated carbocycles. The summed E-state index contributed by atoms with van der Waals surface area (Å²) in [5.41, 5.74) is 0. The van der Waals surface area contributed by atoms with Crippen LogP contribution in [-0.2, 0) is 9.53 Å². The molecule has 0 heterocycles. The van der Waals surface area contributed by atoms with E-state index in [1.165, 1.54) is 38.0 Å². The Labute approximate surface area is 109 Å². The number of hydrogen-bond acceptors (Lipinski definition) is 2. The highest BCUT2D eigenvalue weighted by Crippen LogP contribution is 2.15. The Hall–Kier alpha value is -0.100. The minimum Gasteiger partial charge on any atom is -0.466 e. The quantitative estimate of drug-likeness (QED) is 0.316. The number of esters is 1. The molecule has 0 radical (unpaired) electrons. The lowest BCUT2D eigenvalue weighted by atomic mass is 10.1. The van der Waals surface area contributed by atoms with E-state index in [1.54, 1.807) is 0 Å². The summed E-state index contributed by atoms with van der Waals surface area (Å²) in [6.07, 6.45) is 9.57. The predicted octanol–water partition coefficient (Wildman–Crippen LogP) is 4.22. The van der Waals surface area contributed by atoms with Crippen LogP contribution in [0.1, 0.15) is 59.3 Å². The second-order valence-corrected chi connectivity index (χ2v) is 6.48. The van der Waals surface area contributed by atoms with Gasteiger partial charge in [0, 0.05) is 6.42 Å². The third kappa shape index (κ3) is 13.8. The van der Waals surface area contributed by atoms with Crippen molar-refractivity contribution in [1.82, 2.24) is 0 Å². The fourth-order valence-corrected chi connectivity index (χ4v) is 2.81. The standard InChI is InChI=1S/C14H29O2P/c1-4-5-7-10-17-11-8-6-9-16-14(15)12-13(2)3/h13,17H,4-12H2,1-3H3. The van der Waals surface area contributed by atoms with Crippen molar-refractivity contribution in [3.63, 3.8) is 0 Å². The Morgan fingerprint density at radius 2 is 1.76 bits per heavy atom. The SMILES string of the molecule is CCCCCPCCCCOC(=O)CC(C)C. The summed E-state index contributed by atoms with van der Waals surface area (Å²) in [6.45, 7) is 6.94. The molecule has 0 spiro atoms. The second-order valence-electron chi connectivity index (χ2n) is 4.98. The molecule has 0 aliphatic heterocycles. The maximum atomic E-state index is 11.2. The van der Waals surface area contributed by atoms with Crippen LogP contribution in [0.3, 0.4) is 0 Å². The van der Waals surface area contributed by atoms with Crippen LogP contribution in [0.25, 0.3) is 0 Å². The lowest BCUT2D eigenvalue weighted by molar-refractivity contribution is -0.144. The summed E-state index contributed by atoms with van der Waals surface area (Å²) < 4.78 is 5.16. The molecule has 0 N–H and O–H groups in total. The molecule has 0 aromatic rings. The van der Waals surface area contributed by atoms with Gasteiger partial charge in [-0.1, -0.05) is 33.6 Å². The molecule has 1 unspecified atom stereocenters. The van der Waals surface area contributed by atoms with E-state index >= 15 is 0 Å². The van der Waals surface area contributed by atoms with Crippen LogP contribution in [-0.4, -0.2) is 24.9 Å². The smallest absolute Gasteiger partial charge is 0.306 e. The highest BCUT2D eigenvalue weighted by molar-refractivity contribution is 7.37. The van der Waals surface area contributed by atoms with Gasteiger partial charge in [-0.25, -0.2) is 0 Å². The van der Waals surface area contributed by atoms with Crippen LogP contribution in [0, 0.1) is 5.92 Å². The molecule has 3 heteroatoms. The number of ether oxygens (including phenoxy) is 1. The Balaban J connectivity index is 3.10. The van der Waals surface area contributed by atoms with Gasteiger partial charge in [0.2, 0.25) is 0 Å². The largest absolute Gasteiger partial charge is 0.466 e. The highest BCUT2D eigenvalue weighted by Gasteiger charge is 2.04. The third-order valence-electron chi connectivity index (χ3n) is 2.54.